The molecule has 1 N–H and O–H groups in total. The number of H-pyrrole nitrogens is 1. The van der Waals surface area contributed by atoms with Gasteiger partial charge < -0.3 is 9.88 Å². The molecule has 3 aromatic rings. The van der Waals surface area contributed by atoms with E-state index in [1.807, 2.05) is 23.1 Å². The van der Waals surface area contributed by atoms with Crippen LogP contribution in [-0.2, 0) is 11.2 Å². The SMILES string of the molecule is Cc1ccccc1CCC(=O)N1CCCC[C@H]1c1ncc(-c2cccc(F)c2)[nH]1. The highest BCUT2D eigenvalue weighted by molar-refractivity contribution is 5.77. The molecule has 1 amide bonds. The van der Waals surface area contributed by atoms with Gasteiger partial charge in [0.15, 0.2) is 0 Å². The Labute approximate surface area is 170 Å². The lowest BCUT2D eigenvalue weighted by Gasteiger charge is -2.34. The highest BCUT2D eigenvalue weighted by Crippen LogP contribution is 2.31. The number of carbonyl (C=O) groups excluding carboxylic acids is 1. The maximum absolute atomic E-state index is 13.5. The Morgan fingerprint density at radius 1 is 1.21 bits per heavy atom. The Hall–Kier alpha value is -2.95. The van der Waals surface area contributed by atoms with E-state index in [2.05, 4.69) is 29.0 Å². The first-order valence-electron chi connectivity index (χ1n) is 10.3. The van der Waals surface area contributed by atoms with Gasteiger partial charge in [0.05, 0.1) is 17.9 Å². The molecule has 1 aliphatic heterocycles. The Balaban J connectivity index is 1.49. The zero-order valence-electron chi connectivity index (χ0n) is 16.7. The molecular formula is C24H26FN3O. The standard InChI is InChI=1S/C24H26FN3O/c1-17-7-2-3-8-18(17)12-13-23(29)28-14-5-4-11-22(28)24-26-16-21(27-24)19-9-6-10-20(25)15-19/h2-3,6-10,15-16,22H,4-5,11-14H2,1H3,(H,26,27)/t22-/m0/s1. The number of aromatic nitrogens is 2. The molecule has 4 nitrogen and oxygen atoms in total. The molecule has 5 heteroatoms. The summed E-state index contributed by atoms with van der Waals surface area (Å²) < 4.78 is 13.5. The Morgan fingerprint density at radius 3 is 2.90 bits per heavy atom. The van der Waals surface area contributed by atoms with E-state index in [0.29, 0.717) is 6.42 Å². The smallest absolute Gasteiger partial charge is 0.223 e. The highest BCUT2D eigenvalue weighted by Gasteiger charge is 2.29. The lowest BCUT2D eigenvalue weighted by molar-refractivity contribution is -0.135. The van der Waals surface area contributed by atoms with Gasteiger partial charge in [-0.2, -0.15) is 0 Å². The van der Waals surface area contributed by atoms with Gasteiger partial charge in [-0.3, -0.25) is 4.79 Å². The number of carbonyl (C=O) groups is 1. The van der Waals surface area contributed by atoms with Gasteiger partial charge in [0, 0.05) is 18.5 Å². The van der Waals surface area contributed by atoms with Crippen LogP contribution in [0.25, 0.3) is 11.3 Å². The number of nitrogens with one attached hydrogen (secondary N) is 1. The molecular weight excluding hydrogens is 365 g/mol. The molecule has 2 aromatic carbocycles. The van der Waals surface area contributed by atoms with Crippen LogP contribution in [-0.4, -0.2) is 27.3 Å². The van der Waals surface area contributed by atoms with Gasteiger partial charge in [-0.15, -0.1) is 0 Å². The number of likely N-dealkylation sites (tertiary alicyclic amines) is 1. The number of piperidine rings is 1. The Bertz CT molecular complexity index is 997. The zero-order valence-corrected chi connectivity index (χ0v) is 16.7. The molecule has 29 heavy (non-hydrogen) atoms. The number of benzene rings is 2. The first-order valence-corrected chi connectivity index (χ1v) is 10.3. The van der Waals surface area contributed by atoms with Crippen LogP contribution in [0.5, 0.6) is 0 Å². The van der Waals surface area contributed by atoms with Gasteiger partial charge in [-0.25, -0.2) is 9.37 Å². The summed E-state index contributed by atoms with van der Waals surface area (Å²) >= 11 is 0. The summed E-state index contributed by atoms with van der Waals surface area (Å²) in [5.41, 5.74) is 3.98. The van der Waals surface area contributed by atoms with E-state index in [1.54, 1.807) is 12.3 Å². The van der Waals surface area contributed by atoms with Crippen molar-refractivity contribution in [2.45, 2.75) is 45.1 Å². The largest absolute Gasteiger partial charge is 0.340 e. The number of imidazole rings is 1. The summed E-state index contributed by atoms with van der Waals surface area (Å²) in [4.78, 5) is 22.9. The number of halogens is 1. The molecule has 0 radical (unpaired) electrons. The van der Waals surface area contributed by atoms with Gasteiger partial charge in [0.1, 0.15) is 11.6 Å². The van der Waals surface area contributed by atoms with Gasteiger partial charge in [-0.1, -0.05) is 36.4 Å². The summed E-state index contributed by atoms with van der Waals surface area (Å²) in [6.07, 6.45) is 5.97. The summed E-state index contributed by atoms with van der Waals surface area (Å²) in [6.45, 7) is 2.84. The minimum Gasteiger partial charge on any atom is -0.340 e. The molecule has 0 bridgehead atoms. The van der Waals surface area contributed by atoms with Gasteiger partial charge in [-0.05, 0) is 55.9 Å². The maximum Gasteiger partial charge on any atom is 0.223 e. The van der Waals surface area contributed by atoms with Crippen molar-refractivity contribution in [2.24, 2.45) is 0 Å². The van der Waals surface area contributed by atoms with E-state index in [0.717, 1.165) is 49.3 Å². The molecule has 1 fully saturated rings. The van der Waals surface area contributed by atoms with Crippen LogP contribution in [0, 0.1) is 12.7 Å². The van der Waals surface area contributed by atoms with E-state index in [9.17, 15) is 9.18 Å². The Morgan fingerprint density at radius 2 is 2.07 bits per heavy atom. The van der Waals surface area contributed by atoms with Crippen LogP contribution in [0.15, 0.2) is 54.7 Å². The molecule has 0 aliphatic carbocycles. The monoisotopic (exact) mass is 391 g/mol. The number of nitrogens with zero attached hydrogens (tertiary/aromatic N) is 2. The van der Waals surface area contributed by atoms with Crippen LogP contribution >= 0.6 is 0 Å². The van der Waals surface area contributed by atoms with Crippen molar-refractivity contribution < 1.29 is 9.18 Å². The maximum atomic E-state index is 13.5. The van der Waals surface area contributed by atoms with E-state index in [-0.39, 0.29) is 17.8 Å². The molecule has 150 valence electrons. The third-order valence-corrected chi connectivity index (χ3v) is 5.74. The summed E-state index contributed by atoms with van der Waals surface area (Å²) in [5.74, 6) is 0.680. The Kier molecular flexibility index (Phi) is 5.74. The van der Waals surface area contributed by atoms with Crippen molar-refractivity contribution >= 4 is 5.91 Å². The van der Waals surface area contributed by atoms with Crippen LogP contribution < -0.4 is 0 Å². The number of aromatic amines is 1. The van der Waals surface area contributed by atoms with Crippen LogP contribution in [0.1, 0.15) is 48.7 Å². The second-order valence-corrected chi connectivity index (χ2v) is 7.72. The lowest BCUT2D eigenvalue weighted by atomic mass is 9.99. The predicted molar refractivity (Wildman–Crippen MR) is 112 cm³/mol. The lowest BCUT2D eigenvalue weighted by Crippen LogP contribution is -2.39. The molecule has 0 saturated carbocycles. The fourth-order valence-electron chi connectivity index (χ4n) is 4.10. The molecule has 4 rings (SSSR count). The van der Waals surface area contributed by atoms with Crippen LogP contribution in [0.3, 0.4) is 0 Å². The number of amides is 1. The van der Waals surface area contributed by atoms with Crippen molar-refractivity contribution in [3.8, 4) is 11.3 Å². The second kappa shape index (κ2) is 8.60. The average Bonchev–Trinajstić information content (AvgIpc) is 3.23. The highest BCUT2D eigenvalue weighted by atomic mass is 19.1. The fraction of sp³-hybridized carbons (Fsp3) is 0.333. The quantitative estimate of drug-likeness (QED) is 0.649. The summed E-state index contributed by atoms with van der Waals surface area (Å²) in [5, 5.41) is 0. The molecule has 1 aliphatic rings. The van der Waals surface area contributed by atoms with Crippen molar-refractivity contribution in [3.63, 3.8) is 0 Å². The van der Waals surface area contributed by atoms with Gasteiger partial charge >= 0.3 is 0 Å². The van der Waals surface area contributed by atoms with E-state index in [1.165, 1.54) is 23.3 Å². The van der Waals surface area contributed by atoms with Gasteiger partial charge in [0.2, 0.25) is 5.91 Å². The third-order valence-electron chi connectivity index (χ3n) is 5.74. The zero-order chi connectivity index (χ0) is 20.2. The van der Waals surface area contributed by atoms with Crippen molar-refractivity contribution in [3.05, 3.63) is 77.5 Å². The minimum atomic E-state index is -0.274. The normalized spacial score (nSPS) is 16.8. The number of aryl methyl sites for hydroxylation is 2. The van der Waals surface area contributed by atoms with Crippen LogP contribution in [0.4, 0.5) is 4.39 Å². The molecule has 0 unspecified atom stereocenters. The van der Waals surface area contributed by atoms with Crippen molar-refractivity contribution in [1.82, 2.24) is 14.9 Å². The van der Waals surface area contributed by atoms with Crippen molar-refractivity contribution in [1.29, 1.82) is 0 Å². The van der Waals surface area contributed by atoms with Gasteiger partial charge in [0.25, 0.3) is 0 Å². The summed E-state index contributed by atoms with van der Waals surface area (Å²) in [7, 11) is 0. The van der Waals surface area contributed by atoms with E-state index < -0.39 is 0 Å². The first kappa shape index (κ1) is 19.4. The van der Waals surface area contributed by atoms with Crippen molar-refractivity contribution in [2.75, 3.05) is 6.54 Å². The molecule has 1 atom stereocenters. The van der Waals surface area contributed by atoms with E-state index in [4.69, 9.17) is 0 Å². The fourth-order valence-corrected chi connectivity index (χ4v) is 4.10. The number of hydrogen-bond acceptors (Lipinski definition) is 2. The molecule has 1 saturated heterocycles. The van der Waals surface area contributed by atoms with E-state index >= 15 is 0 Å². The molecule has 2 heterocycles. The average molecular weight is 391 g/mol. The third kappa shape index (κ3) is 4.39. The minimum absolute atomic E-state index is 0.0459. The molecule has 1 aromatic heterocycles. The second-order valence-electron chi connectivity index (χ2n) is 7.72. The predicted octanol–water partition coefficient (Wildman–Crippen LogP) is 5.21. The topological polar surface area (TPSA) is 49.0 Å². The van der Waals surface area contributed by atoms with Crippen LogP contribution in [0.2, 0.25) is 0 Å². The number of rotatable bonds is 5. The summed E-state index contributed by atoms with van der Waals surface area (Å²) in [6, 6.07) is 14.6. The molecule has 0 spiro atoms. The number of hydrogen-bond donors (Lipinski definition) is 1. The first-order chi connectivity index (χ1) is 14.1.